The van der Waals surface area contributed by atoms with Gasteiger partial charge in [-0.05, 0) is 36.6 Å². The van der Waals surface area contributed by atoms with Crippen LogP contribution in [0.5, 0.6) is 0 Å². The van der Waals surface area contributed by atoms with Crippen LogP contribution in [0.15, 0.2) is 22.7 Å². The van der Waals surface area contributed by atoms with Gasteiger partial charge >= 0.3 is 0 Å². The van der Waals surface area contributed by atoms with Crippen LogP contribution < -0.4 is 11.1 Å². The average Bonchev–Trinajstić information content (AvgIpc) is 2.30. The second kappa shape index (κ2) is 7.26. The highest BCUT2D eigenvalue weighted by molar-refractivity contribution is 9.10. The summed E-state index contributed by atoms with van der Waals surface area (Å²) in [6.45, 7) is 0. The van der Waals surface area contributed by atoms with Crippen LogP contribution in [0.3, 0.4) is 0 Å². The van der Waals surface area contributed by atoms with E-state index in [0.29, 0.717) is 17.1 Å². The maximum atomic E-state index is 11.8. The van der Waals surface area contributed by atoms with Gasteiger partial charge in [0.15, 0.2) is 0 Å². The molecule has 0 aromatic heterocycles. The molecule has 17 heavy (non-hydrogen) atoms. The molecule has 0 aliphatic rings. The zero-order valence-electron chi connectivity index (χ0n) is 9.37. The maximum absolute atomic E-state index is 11.8. The number of hydrogen-bond acceptors (Lipinski definition) is 3. The van der Waals surface area contributed by atoms with Crippen molar-refractivity contribution in [3.63, 3.8) is 0 Å². The van der Waals surface area contributed by atoms with E-state index < -0.39 is 6.04 Å². The van der Waals surface area contributed by atoms with Crippen molar-refractivity contribution in [2.24, 2.45) is 5.73 Å². The van der Waals surface area contributed by atoms with Gasteiger partial charge < -0.3 is 11.1 Å². The maximum Gasteiger partial charge on any atom is 0.241 e. The fraction of sp³-hybridized carbons (Fsp3) is 0.364. The van der Waals surface area contributed by atoms with Crippen LogP contribution in [0.4, 0.5) is 5.69 Å². The third-order valence-electron chi connectivity index (χ3n) is 2.16. The highest BCUT2D eigenvalue weighted by atomic mass is 79.9. The van der Waals surface area contributed by atoms with Gasteiger partial charge in [0.1, 0.15) is 0 Å². The van der Waals surface area contributed by atoms with Crippen LogP contribution in [-0.2, 0) is 4.79 Å². The molecule has 0 spiro atoms. The molecule has 6 heteroatoms. The Kier molecular flexibility index (Phi) is 6.33. The molecule has 1 aromatic carbocycles. The monoisotopic (exact) mass is 336 g/mol. The Bertz CT molecular complexity index is 403. The third-order valence-corrected chi connectivity index (χ3v) is 3.62. The standard InChI is InChI=1S/C11H14BrClN2OS/c1-17-5-4-9(14)11(16)15-10-6-7(12)2-3-8(10)13/h2-3,6,9H,4-5,14H2,1H3,(H,15,16)/t9-/m1/s1. The normalized spacial score (nSPS) is 12.2. The lowest BCUT2D eigenvalue weighted by molar-refractivity contribution is -0.117. The summed E-state index contributed by atoms with van der Waals surface area (Å²) in [5, 5.41) is 3.22. The molecule has 0 radical (unpaired) electrons. The lowest BCUT2D eigenvalue weighted by Crippen LogP contribution is -2.36. The first-order chi connectivity index (χ1) is 8.04. The summed E-state index contributed by atoms with van der Waals surface area (Å²) < 4.78 is 0.856. The van der Waals surface area contributed by atoms with Gasteiger partial charge in [-0.15, -0.1) is 0 Å². The molecule has 3 nitrogen and oxygen atoms in total. The van der Waals surface area contributed by atoms with Gasteiger partial charge in [0.25, 0.3) is 0 Å². The molecule has 0 aliphatic carbocycles. The first-order valence-corrected chi connectivity index (χ1v) is 7.61. The molecule has 0 fully saturated rings. The van der Waals surface area contributed by atoms with E-state index in [2.05, 4.69) is 21.2 Å². The highest BCUT2D eigenvalue weighted by Crippen LogP contribution is 2.25. The predicted octanol–water partition coefficient (Wildman–Crippen LogP) is 3.12. The zero-order chi connectivity index (χ0) is 12.8. The number of carbonyl (C=O) groups excluding carboxylic acids is 1. The van der Waals surface area contributed by atoms with Crippen molar-refractivity contribution in [1.82, 2.24) is 0 Å². The Morgan fingerprint density at radius 2 is 2.35 bits per heavy atom. The number of nitrogens with two attached hydrogens (primary N) is 1. The van der Waals surface area contributed by atoms with Crippen LogP contribution in [-0.4, -0.2) is 24.0 Å². The fourth-order valence-electron chi connectivity index (χ4n) is 1.19. The van der Waals surface area contributed by atoms with Crippen molar-refractivity contribution in [3.8, 4) is 0 Å². The molecule has 0 heterocycles. The number of thioether (sulfide) groups is 1. The van der Waals surface area contributed by atoms with E-state index in [0.717, 1.165) is 10.2 Å². The van der Waals surface area contributed by atoms with Gasteiger partial charge in [0, 0.05) is 4.47 Å². The number of rotatable bonds is 5. The lowest BCUT2D eigenvalue weighted by atomic mass is 10.2. The molecule has 3 N–H and O–H groups in total. The summed E-state index contributed by atoms with van der Waals surface area (Å²) in [4.78, 5) is 11.8. The number of anilines is 1. The third kappa shape index (κ3) is 4.87. The minimum atomic E-state index is -0.502. The Morgan fingerprint density at radius 1 is 1.65 bits per heavy atom. The van der Waals surface area contributed by atoms with Gasteiger partial charge in [-0.1, -0.05) is 27.5 Å². The zero-order valence-corrected chi connectivity index (χ0v) is 12.5. The Hall–Kier alpha value is -0.230. The van der Waals surface area contributed by atoms with E-state index in [1.165, 1.54) is 0 Å². The lowest BCUT2D eigenvalue weighted by Gasteiger charge is -2.12. The molecular weight excluding hydrogens is 324 g/mol. The number of nitrogens with one attached hydrogen (secondary N) is 1. The number of carbonyl (C=O) groups is 1. The number of benzene rings is 1. The number of amides is 1. The van der Waals surface area contributed by atoms with Crippen molar-refractivity contribution in [2.75, 3.05) is 17.3 Å². The first kappa shape index (κ1) is 14.8. The summed E-state index contributed by atoms with van der Waals surface area (Å²) in [6, 6.07) is 4.78. The summed E-state index contributed by atoms with van der Waals surface area (Å²) >= 11 is 11.0. The molecule has 94 valence electrons. The van der Waals surface area contributed by atoms with Gasteiger partial charge in [-0.25, -0.2) is 0 Å². The van der Waals surface area contributed by atoms with E-state index in [-0.39, 0.29) is 5.91 Å². The van der Waals surface area contributed by atoms with Crippen molar-refractivity contribution in [1.29, 1.82) is 0 Å². The van der Waals surface area contributed by atoms with Crippen molar-refractivity contribution in [3.05, 3.63) is 27.7 Å². The summed E-state index contributed by atoms with van der Waals surface area (Å²) in [5.74, 6) is 0.653. The van der Waals surface area contributed by atoms with Crippen molar-refractivity contribution in [2.45, 2.75) is 12.5 Å². The molecule has 1 aromatic rings. The van der Waals surface area contributed by atoms with Gasteiger partial charge in [0.05, 0.1) is 16.8 Å². The quantitative estimate of drug-likeness (QED) is 0.868. The van der Waals surface area contributed by atoms with Crippen molar-refractivity contribution < 1.29 is 4.79 Å². The van der Waals surface area contributed by atoms with Gasteiger partial charge in [-0.2, -0.15) is 11.8 Å². The van der Waals surface area contributed by atoms with Crippen LogP contribution in [0.1, 0.15) is 6.42 Å². The van der Waals surface area contributed by atoms with Crippen LogP contribution >= 0.6 is 39.3 Å². The van der Waals surface area contributed by atoms with E-state index in [4.69, 9.17) is 17.3 Å². The molecule has 0 aliphatic heterocycles. The molecule has 1 atom stereocenters. The minimum absolute atomic E-state index is 0.209. The second-order valence-corrected chi connectivity index (χ2v) is 5.81. The SMILES string of the molecule is CSCC[C@@H](N)C(=O)Nc1cc(Br)ccc1Cl. The first-order valence-electron chi connectivity index (χ1n) is 5.05. The predicted molar refractivity (Wildman–Crippen MR) is 78.8 cm³/mol. The second-order valence-electron chi connectivity index (χ2n) is 3.50. The molecule has 0 saturated carbocycles. The van der Waals surface area contributed by atoms with E-state index >= 15 is 0 Å². The highest BCUT2D eigenvalue weighted by Gasteiger charge is 2.14. The van der Waals surface area contributed by atoms with Crippen LogP contribution in [0.25, 0.3) is 0 Å². The number of hydrogen-bond donors (Lipinski definition) is 2. The van der Waals surface area contributed by atoms with Crippen LogP contribution in [0, 0.1) is 0 Å². The Balaban J connectivity index is 2.64. The molecule has 1 amide bonds. The molecular formula is C11H14BrClN2OS. The Morgan fingerprint density at radius 3 is 3.00 bits per heavy atom. The van der Waals surface area contributed by atoms with E-state index in [9.17, 15) is 4.79 Å². The van der Waals surface area contributed by atoms with Gasteiger partial charge in [0.2, 0.25) is 5.91 Å². The molecule has 1 rings (SSSR count). The molecule has 0 bridgehead atoms. The molecule has 0 unspecified atom stereocenters. The fourth-order valence-corrected chi connectivity index (χ4v) is 2.21. The topological polar surface area (TPSA) is 55.1 Å². The van der Waals surface area contributed by atoms with E-state index in [1.807, 2.05) is 12.3 Å². The minimum Gasteiger partial charge on any atom is -0.323 e. The van der Waals surface area contributed by atoms with Gasteiger partial charge in [-0.3, -0.25) is 4.79 Å². The number of halogens is 2. The summed E-state index contributed by atoms with van der Waals surface area (Å²) in [7, 11) is 0. The Labute approximate surface area is 119 Å². The largest absolute Gasteiger partial charge is 0.323 e. The average molecular weight is 338 g/mol. The molecule has 0 saturated heterocycles. The summed E-state index contributed by atoms with van der Waals surface area (Å²) in [6.07, 6.45) is 2.63. The van der Waals surface area contributed by atoms with E-state index in [1.54, 1.807) is 23.9 Å². The van der Waals surface area contributed by atoms with Crippen molar-refractivity contribution >= 4 is 50.9 Å². The van der Waals surface area contributed by atoms with Crippen LogP contribution in [0.2, 0.25) is 5.02 Å². The summed E-state index contributed by atoms with van der Waals surface area (Å²) in [5.41, 5.74) is 6.33. The smallest absolute Gasteiger partial charge is 0.241 e.